The lowest BCUT2D eigenvalue weighted by Crippen LogP contribution is -2.48. The molecule has 1 amide bonds. The maximum absolute atomic E-state index is 12.2. The van der Waals surface area contributed by atoms with E-state index in [-0.39, 0.29) is 11.3 Å². The molecule has 0 aromatic carbocycles. The zero-order valence-corrected chi connectivity index (χ0v) is 10.6. The van der Waals surface area contributed by atoms with Gasteiger partial charge in [0.1, 0.15) is 0 Å². The van der Waals surface area contributed by atoms with Gasteiger partial charge < -0.3 is 10.6 Å². The number of hydrogen-bond donors (Lipinski definition) is 2. The van der Waals surface area contributed by atoms with E-state index in [1.165, 1.54) is 6.42 Å². The van der Waals surface area contributed by atoms with Crippen molar-refractivity contribution < 1.29 is 4.79 Å². The molecule has 0 unspecified atom stereocenters. The van der Waals surface area contributed by atoms with Crippen molar-refractivity contribution in [2.24, 2.45) is 5.41 Å². The molecule has 1 fully saturated rings. The first kappa shape index (κ1) is 11.6. The number of carbonyl (C=O) groups is 1. The highest BCUT2D eigenvalue weighted by Gasteiger charge is 2.43. The van der Waals surface area contributed by atoms with E-state index in [0.29, 0.717) is 0 Å². The van der Waals surface area contributed by atoms with Crippen LogP contribution >= 0.6 is 11.3 Å². The second-order valence-electron chi connectivity index (χ2n) is 4.55. The fourth-order valence-electron chi connectivity index (χ4n) is 2.16. The number of aryl methyl sites for hydroxylation is 1. The quantitative estimate of drug-likeness (QED) is 0.845. The van der Waals surface area contributed by atoms with Crippen LogP contribution in [0.4, 0.5) is 5.00 Å². The lowest BCUT2D eigenvalue weighted by molar-refractivity contribution is -0.129. The average molecular weight is 238 g/mol. The summed E-state index contributed by atoms with van der Waals surface area (Å²) in [5.41, 5.74) is 0.989. The van der Waals surface area contributed by atoms with Gasteiger partial charge in [-0.15, -0.1) is 11.3 Å². The summed E-state index contributed by atoms with van der Waals surface area (Å²) in [6.45, 7) is 2.81. The van der Waals surface area contributed by atoms with Crippen molar-refractivity contribution in [3.8, 4) is 0 Å². The van der Waals surface area contributed by atoms with Crippen molar-refractivity contribution >= 4 is 22.2 Å². The Morgan fingerprint density at radius 1 is 1.56 bits per heavy atom. The van der Waals surface area contributed by atoms with Crippen LogP contribution in [0, 0.1) is 12.3 Å². The molecule has 0 spiro atoms. The highest BCUT2D eigenvalue weighted by molar-refractivity contribution is 7.14. The molecule has 1 heterocycles. The summed E-state index contributed by atoms with van der Waals surface area (Å²) >= 11 is 1.59. The standard InChI is InChI=1S/C12H18N2OS/c1-9-4-7-16-10(9)14-11(15)12(8-13-2)5-3-6-12/h4,7,13H,3,5-6,8H2,1-2H3,(H,14,15). The molecule has 1 aromatic rings. The largest absolute Gasteiger partial charge is 0.319 e. The molecule has 0 radical (unpaired) electrons. The zero-order chi connectivity index (χ0) is 11.6. The maximum Gasteiger partial charge on any atom is 0.232 e. The summed E-state index contributed by atoms with van der Waals surface area (Å²) in [5, 5.41) is 9.19. The van der Waals surface area contributed by atoms with Gasteiger partial charge in [-0.25, -0.2) is 0 Å². The molecular weight excluding hydrogens is 220 g/mol. The first-order valence-corrected chi connectivity index (χ1v) is 6.56. The number of amides is 1. The van der Waals surface area contributed by atoms with Crippen molar-refractivity contribution in [2.75, 3.05) is 18.9 Å². The molecule has 0 aliphatic heterocycles. The van der Waals surface area contributed by atoms with Crippen LogP contribution in [0.25, 0.3) is 0 Å². The average Bonchev–Trinajstić information content (AvgIpc) is 2.58. The summed E-state index contributed by atoms with van der Waals surface area (Å²) in [6, 6.07) is 2.03. The molecule has 1 aliphatic rings. The second kappa shape index (κ2) is 4.55. The van der Waals surface area contributed by atoms with Crippen molar-refractivity contribution in [1.82, 2.24) is 5.32 Å². The Morgan fingerprint density at radius 2 is 2.31 bits per heavy atom. The van der Waals surface area contributed by atoms with Gasteiger partial charge in [-0.05, 0) is 43.8 Å². The van der Waals surface area contributed by atoms with E-state index in [1.54, 1.807) is 11.3 Å². The van der Waals surface area contributed by atoms with Gasteiger partial charge in [-0.3, -0.25) is 4.79 Å². The number of rotatable bonds is 4. The molecule has 88 valence electrons. The molecular formula is C12H18N2OS. The smallest absolute Gasteiger partial charge is 0.232 e. The molecule has 4 heteroatoms. The highest BCUT2D eigenvalue weighted by Crippen LogP contribution is 2.41. The topological polar surface area (TPSA) is 41.1 Å². The molecule has 0 bridgehead atoms. The lowest BCUT2D eigenvalue weighted by atomic mass is 9.68. The van der Waals surface area contributed by atoms with Crippen LogP contribution in [0.5, 0.6) is 0 Å². The van der Waals surface area contributed by atoms with E-state index in [4.69, 9.17) is 0 Å². The third-order valence-electron chi connectivity index (χ3n) is 3.40. The summed E-state index contributed by atoms with van der Waals surface area (Å²) in [7, 11) is 1.91. The molecule has 1 saturated carbocycles. The normalized spacial score (nSPS) is 17.9. The monoisotopic (exact) mass is 238 g/mol. The van der Waals surface area contributed by atoms with Gasteiger partial charge in [0.25, 0.3) is 0 Å². The molecule has 0 saturated heterocycles. The van der Waals surface area contributed by atoms with Gasteiger partial charge in [-0.2, -0.15) is 0 Å². The fraction of sp³-hybridized carbons (Fsp3) is 0.583. The van der Waals surface area contributed by atoms with Crippen LogP contribution in [-0.4, -0.2) is 19.5 Å². The lowest BCUT2D eigenvalue weighted by Gasteiger charge is -2.40. The second-order valence-corrected chi connectivity index (χ2v) is 5.47. The number of hydrogen-bond acceptors (Lipinski definition) is 3. The van der Waals surface area contributed by atoms with Gasteiger partial charge >= 0.3 is 0 Å². The zero-order valence-electron chi connectivity index (χ0n) is 9.80. The van der Waals surface area contributed by atoms with Gasteiger partial charge in [0, 0.05) is 6.54 Å². The van der Waals surface area contributed by atoms with E-state index in [2.05, 4.69) is 10.6 Å². The highest BCUT2D eigenvalue weighted by atomic mass is 32.1. The summed E-state index contributed by atoms with van der Waals surface area (Å²) in [5.74, 6) is 0.179. The van der Waals surface area contributed by atoms with Crippen molar-refractivity contribution in [3.05, 3.63) is 17.0 Å². The van der Waals surface area contributed by atoms with Crippen LogP contribution < -0.4 is 10.6 Å². The van der Waals surface area contributed by atoms with Crippen molar-refractivity contribution in [2.45, 2.75) is 26.2 Å². The third-order valence-corrected chi connectivity index (χ3v) is 4.33. The van der Waals surface area contributed by atoms with E-state index in [0.717, 1.165) is 30.0 Å². The number of carbonyl (C=O) groups excluding carboxylic acids is 1. The Bertz CT molecular complexity index is 382. The molecule has 0 atom stereocenters. The van der Waals surface area contributed by atoms with Crippen LogP contribution in [0.15, 0.2) is 11.4 Å². The maximum atomic E-state index is 12.2. The predicted molar refractivity (Wildman–Crippen MR) is 67.9 cm³/mol. The van der Waals surface area contributed by atoms with Gasteiger partial charge in [-0.1, -0.05) is 6.42 Å². The summed E-state index contributed by atoms with van der Waals surface area (Å²) < 4.78 is 0. The van der Waals surface area contributed by atoms with Crippen molar-refractivity contribution in [3.63, 3.8) is 0 Å². The van der Waals surface area contributed by atoms with Crippen molar-refractivity contribution in [1.29, 1.82) is 0 Å². The number of nitrogens with one attached hydrogen (secondary N) is 2. The number of thiophene rings is 1. The first-order chi connectivity index (χ1) is 7.68. The van der Waals surface area contributed by atoms with Gasteiger partial charge in [0.2, 0.25) is 5.91 Å². The van der Waals surface area contributed by atoms with Gasteiger partial charge in [0.05, 0.1) is 10.4 Å². The SMILES string of the molecule is CNCC1(C(=O)Nc2sccc2C)CCC1. The number of anilines is 1. The Balaban J connectivity index is 2.05. The molecule has 2 rings (SSSR count). The van der Waals surface area contributed by atoms with E-state index >= 15 is 0 Å². The molecule has 3 nitrogen and oxygen atoms in total. The molecule has 2 N–H and O–H groups in total. The Labute approximate surface area is 100 Å². The third kappa shape index (κ3) is 1.99. The molecule has 1 aliphatic carbocycles. The van der Waals surface area contributed by atoms with E-state index < -0.39 is 0 Å². The Morgan fingerprint density at radius 3 is 2.75 bits per heavy atom. The minimum Gasteiger partial charge on any atom is -0.319 e. The molecule has 1 aromatic heterocycles. The minimum atomic E-state index is -0.162. The van der Waals surface area contributed by atoms with E-state index in [9.17, 15) is 4.79 Å². The Hall–Kier alpha value is -0.870. The van der Waals surface area contributed by atoms with E-state index in [1.807, 2.05) is 25.4 Å². The summed E-state index contributed by atoms with van der Waals surface area (Å²) in [6.07, 6.45) is 3.17. The fourth-order valence-corrected chi connectivity index (χ4v) is 2.98. The van der Waals surface area contributed by atoms with Gasteiger partial charge in [0.15, 0.2) is 0 Å². The molecule has 16 heavy (non-hydrogen) atoms. The minimum absolute atomic E-state index is 0.162. The van der Waals surface area contributed by atoms with Crippen LogP contribution in [0.2, 0.25) is 0 Å². The predicted octanol–water partition coefficient (Wildman–Crippen LogP) is 2.38. The van der Waals surface area contributed by atoms with Crippen LogP contribution in [0.3, 0.4) is 0 Å². The summed E-state index contributed by atoms with van der Waals surface area (Å²) in [4.78, 5) is 12.2. The Kier molecular flexibility index (Phi) is 3.30. The van der Waals surface area contributed by atoms with Crippen LogP contribution in [0.1, 0.15) is 24.8 Å². The first-order valence-electron chi connectivity index (χ1n) is 5.68. The van der Waals surface area contributed by atoms with Crippen LogP contribution in [-0.2, 0) is 4.79 Å².